The number of nitrogen functional groups attached to an aromatic ring is 1. The van der Waals surface area contributed by atoms with Gasteiger partial charge >= 0.3 is 0 Å². The van der Waals surface area contributed by atoms with Crippen molar-refractivity contribution in [1.29, 1.82) is 0 Å². The van der Waals surface area contributed by atoms with Crippen molar-refractivity contribution in [2.75, 3.05) is 29.5 Å². The second-order valence-electron chi connectivity index (χ2n) is 11.6. The van der Waals surface area contributed by atoms with Gasteiger partial charge in [-0.1, -0.05) is 60.9 Å². The van der Waals surface area contributed by atoms with Gasteiger partial charge in [-0.15, -0.1) is 0 Å². The van der Waals surface area contributed by atoms with Gasteiger partial charge in [-0.3, -0.25) is 9.59 Å². The van der Waals surface area contributed by atoms with Gasteiger partial charge in [-0.2, -0.15) is 0 Å². The van der Waals surface area contributed by atoms with Crippen molar-refractivity contribution < 1.29 is 9.59 Å². The Morgan fingerprint density at radius 1 is 0.841 bits per heavy atom. The molecule has 4 aromatic carbocycles. The molecule has 0 radical (unpaired) electrons. The van der Waals surface area contributed by atoms with Crippen LogP contribution in [0.3, 0.4) is 0 Å². The summed E-state index contributed by atoms with van der Waals surface area (Å²) in [6.07, 6.45) is 5.44. The molecule has 0 aliphatic carbocycles. The lowest BCUT2D eigenvalue weighted by atomic mass is 9.98. The van der Waals surface area contributed by atoms with Crippen molar-refractivity contribution in [3.05, 3.63) is 101 Å². The van der Waals surface area contributed by atoms with Crippen LogP contribution in [0.1, 0.15) is 58.4 Å². The van der Waals surface area contributed by atoms with Crippen LogP contribution in [0.5, 0.6) is 0 Å². The fourth-order valence-corrected chi connectivity index (χ4v) is 6.02. The molecular weight excluding hydrogens is 546 g/mol. The van der Waals surface area contributed by atoms with Crippen LogP contribution < -0.4 is 21.7 Å². The van der Waals surface area contributed by atoms with Gasteiger partial charge in [0.1, 0.15) is 0 Å². The lowest BCUT2D eigenvalue weighted by Gasteiger charge is -2.16. The number of nitrogens with zero attached hydrogens (tertiary/aromatic N) is 1. The highest BCUT2D eigenvalue weighted by molar-refractivity contribution is 6.05. The van der Waals surface area contributed by atoms with Gasteiger partial charge in [0, 0.05) is 59.9 Å². The number of aromatic nitrogens is 1. The number of hydrogen-bond donors (Lipinski definition) is 4. The molecule has 0 aliphatic rings. The molecule has 1 amide bonds. The zero-order valence-corrected chi connectivity index (χ0v) is 26.0. The van der Waals surface area contributed by atoms with Crippen LogP contribution in [0, 0.1) is 13.8 Å². The molecule has 0 atom stereocenters. The minimum absolute atomic E-state index is 0.0798. The lowest BCUT2D eigenvalue weighted by molar-refractivity contribution is -0.120. The largest absolute Gasteiger partial charge is 0.397 e. The van der Waals surface area contributed by atoms with Gasteiger partial charge < -0.3 is 26.3 Å². The number of para-hydroxylation sites is 2. The van der Waals surface area contributed by atoms with Crippen LogP contribution in [0.2, 0.25) is 0 Å². The van der Waals surface area contributed by atoms with E-state index in [9.17, 15) is 9.59 Å². The SMILES string of the molecule is Cc1ccc2c(c1)c(CC(=O)NCCCCCCNc1ccc(CNc3ccccc3N)c3c(C=O)cccc13)c(C)n2C. The standard InChI is InChI=1S/C37H43N5O2/c1-25-15-18-35-31(21-25)30(26(2)42(35)3)22-36(44)40-20-9-5-4-8-19-39-33-17-16-27(23-41-34-14-7-6-13-32(34)38)37-28(24-43)11-10-12-29(33)37/h6-7,10-18,21,24,39,41H,4-5,8-9,19-20,22-23,38H2,1-3H3,(H,40,44). The second kappa shape index (κ2) is 14.1. The van der Waals surface area contributed by atoms with E-state index in [0.29, 0.717) is 30.8 Å². The van der Waals surface area contributed by atoms with Gasteiger partial charge in [0.25, 0.3) is 0 Å². The summed E-state index contributed by atoms with van der Waals surface area (Å²) >= 11 is 0. The third-order valence-electron chi connectivity index (χ3n) is 8.57. The Bertz CT molecular complexity index is 1790. The van der Waals surface area contributed by atoms with E-state index in [1.165, 1.54) is 16.5 Å². The van der Waals surface area contributed by atoms with Crippen molar-refractivity contribution in [3.63, 3.8) is 0 Å². The third-order valence-corrected chi connectivity index (χ3v) is 8.57. The molecule has 0 aliphatic heterocycles. The molecule has 5 rings (SSSR count). The van der Waals surface area contributed by atoms with Crippen LogP contribution in [-0.4, -0.2) is 29.8 Å². The van der Waals surface area contributed by atoms with Gasteiger partial charge in [0.2, 0.25) is 5.91 Å². The highest BCUT2D eigenvalue weighted by atomic mass is 16.1. The number of anilines is 3. The number of aryl methyl sites for hydroxylation is 2. The highest BCUT2D eigenvalue weighted by Crippen LogP contribution is 2.31. The molecule has 0 unspecified atom stereocenters. The Hall–Kier alpha value is -4.78. The first-order chi connectivity index (χ1) is 21.4. The average Bonchev–Trinajstić information content (AvgIpc) is 3.25. The molecule has 1 aromatic heterocycles. The van der Waals surface area contributed by atoms with Crippen molar-refractivity contribution >= 4 is 50.9 Å². The first-order valence-corrected chi connectivity index (χ1v) is 15.5. The van der Waals surface area contributed by atoms with Gasteiger partial charge in [-0.05, 0) is 73.5 Å². The quantitative estimate of drug-likeness (QED) is 0.0619. The Kier molecular flexibility index (Phi) is 9.85. The molecule has 7 heteroatoms. The molecule has 0 saturated heterocycles. The van der Waals surface area contributed by atoms with Crippen molar-refractivity contribution in [3.8, 4) is 0 Å². The molecule has 1 heterocycles. The van der Waals surface area contributed by atoms with E-state index in [2.05, 4.69) is 77.8 Å². The zero-order chi connectivity index (χ0) is 31.1. The van der Waals surface area contributed by atoms with E-state index in [1.807, 2.05) is 36.4 Å². The Morgan fingerprint density at radius 3 is 2.43 bits per heavy atom. The molecule has 0 fully saturated rings. The van der Waals surface area contributed by atoms with Crippen molar-refractivity contribution in [2.24, 2.45) is 7.05 Å². The highest BCUT2D eigenvalue weighted by Gasteiger charge is 2.15. The number of nitrogens with two attached hydrogens (primary N) is 1. The van der Waals surface area contributed by atoms with Crippen LogP contribution in [0.25, 0.3) is 21.7 Å². The maximum atomic E-state index is 12.7. The van der Waals surface area contributed by atoms with E-state index in [4.69, 9.17) is 5.73 Å². The fraction of sp³-hybridized carbons (Fsp3) is 0.297. The molecule has 7 nitrogen and oxygen atoms in total. The lowest BCUT2D eigenvalue weighted by Crippen LogP contribution is -2.26. The first kappa shape index (κ1) is 30.7. The van der Waals surface area contributed by atoms with E-state index < -0.39 is 0 Å². The molecule has 0 saturated carbocycles. The topological polar surface area (TPSA) is 101 Å². The smallest absolute Gasteiger partial charge is 0.224 e. The third kappa shape index (κ3) is 6.88. The Balaban J connectivity index is 1.08. The number of aldehydes is 1. The minimum Gasteiger partial charge on any atom is -0.397 e. The number of hydrogen-bond acceptors (Lipinski definition) is 5. The van der Waals surface area contributed by atoms with Crippen LogP contribution >= 0.6 is 0 Å². The van der Waals surface area contributed by atoms with Crippen molar-refractivity contribution in [2.45, 2.75) is 52.5 Å². The maximum absolute atomic E-state index is 12.7. The number of nitrogens with one attached hydrogen (secondary N) is 3. The fourth-order valence-electron chi connectivity index (χ4n) is 6.02. The number of carbonyl (C=O) groups excluding carboxylic acids is 2. The summed E-state index contributed by atoms with van der Waals surface area (Å²) in [5, 5.41) is 13.3. The molecule has 5 N–H and O–H groups in total. The number of amides is 1. The minimum atomic E-state index is 0.0798. The number of rotatable bonds is 14. The summed E-state index contributed by atoms with van der Waals surface area (Å²) in [4.78, 5) is 24.7. The molecule has 0 bridgehead atoms. The molecule has 0 spiro atoms. The summed E-state index contributed by atoms with van der Waals surface area (Å²) in [5.41, 5.74) is 15.1. The van der Waals surface area contributed by atoms with E-state index in [0.717, 1.165) is 77.5 Å². The summed E-state index contributed by atoms with van der Waals surface area (Å²) in [5.74, 6) is 0.0798. The molecule has 5 aromatic rings. The van der Waals surface area contributed by atoms with Gasteiger partial charge in [0.15, 0.2) is 6.29 Å². The van der Waals surface area contributed by atoms with Crippen molar-refractivity contribution in [1.82, 2.24) is 9.88 Å². The zero-order valence-electron chi connectivity index (χ0n) is 26.0. The summed E-state index contributed by atoms with van der Waals surface area (Å²) in [7, 11) is 2.06. The van der Waals surface area contributed by atoms with Crippen LogP contribution in [-0.2, 0) is 24.8 Å². The Labute approximate surface area is 259 Å². The monoisotopic (exact) mass is 589 g/mol. The van der Waals surface area contributed by atoms with Crippen LogP contribution in [0.15, 0.2) is 72.8 Å². The number of fused-ring (bicyclic) bond motifs is 2. The summed E-state index contributed by atoms with van der Waals surface area (Å²) < 4.78 is 2.17. The maximum Gasteiger partial charge on any atom is 0.224 e. The van der Waals surface area contributed by atoms with E-state index in [-0.39, 0.29) is 5.91 Å². The first-order valence-electron chi connectivity index (χ1n) is 15.5. The number of benzene rings is 4. The predicted octanol–water partition coefficient (Wildman–Crippen LogP) is 7.29. The van der Waals surface area contributed by atoms with Crippen LogP contribution in [0.4, 0.5) is 17.1 Å². The van der Waals surface area contributed by atoms with Gasteiger partial charge in [-0.25, -0.2) is 0 Å². The molecule has 228 valence electrons. The average molecular weight is 590 g/mol. The summed E-state index contributed by atoms with van der Waals surface area (Å²) in [6.45, 7) is 6.27. The van der Waals surface area contributed by atoms with E-state index in [1.54, 1.807) is 0 Å². The predicted molar refractivity (Wildman–Crippen MR) is 184 cm³/mol. The number of carbonyl (C=O) groups is 2. The van der Waals surface area contributed by atoms with E-state index >= 15 is 0 Å². The number of unbranched alkanes of at least 4 members (excludes halogenated alkanes) is 3. The second-order valence-corrected chi connectivity index (χ2v) is 11.6. The summed E-state index contributed by atoms with van der Waals surface area (Å²) in [6, 6.07) is 24.1. The molecular formula is C37H43N5O2. The Morgan fingerprint density at radius 2 is 1.64 bits per heavy atom. The van der Waals surface area contributed by atoms with Gasteiger partial charge in [0.05, 0.1) is 17.8 Å². The molecule has 44 heavy (non-hydrogen) atoms. The normalized spacial score (nSPS) is 11.2.